The van der Waals surface area contributed by atoms with Crippen molar-refractivity contribution in [3.05, 3.63) is 34.1 Å². The predicted octanol–water partition coefficient (Wildman–Crippen LogP) is 3.66. The standard InChI is InChI=1S/C15H17ClFNO2/c1-10-12(17)8-7-11(13(10)16)6-5-9-18-14(19)20-15(2,3)4/h7-8H,9H2,1-4H3,(H,18,19). The third kappa shape index (κ3) is 5.10. The van der Waals surface area contributed by atoms with E-state index in [2.05, 4.69) is 17.2 Å². The van der Waals surface area contributed by atoms with Gasteiger partial charge in [0.05, 0.1) is 11.6 Å². The molecule has 108 valence electrons. The molecule has 0 saturated heterocycles. The van der Waals surface area contributed by atoms with E-state index in [1.165, 1.54) is 12.1 Å². The van der Waals surface area contributed by atoms with E-state index < -0.39 is 11.7 Å². The molecule has 0 bridgehead atoms. The van der Waals surface area contributed by atoms with Crippen LogP contribution in [-0.4, -0.2) is 18.2 Å². The van der Waals surface area contributed by atoms with Crippen LogP contribution in [0.15, 0.2) is 12.1 Å². The Balaban J connectivity index is 2.60. The minimum absolute atomic E-state index is 0.127. The van der Waals surface area contributed by atoms with E-state index in [9.17, 15) is 9.18 Å². The number of nitrogens with one attached hydrogen (secondary N) is 1. The van der Waals surface area contributed by atoms with Gasteiger partial charge in [0.25, 0.3) is 0 Å². The summed E-state index contributed by atoms with van der Waals surface area (Å²) in [6.07, 6.45) is -0.534. The van der Waals surface area contributed by atoms with Crippen LogP contribution in [0.1, 0.15) is 31.9 Å². The van der Waals surface area contributed by atoms with Gasteiger partial charge in [0, 0.05) is 11.1 Å². The Hall–Kier alpha value is -1.73. The van der Waals surface area contributed by atoms with Crippen molar-refractivity contribution in [3.8, 4) is 11.8 Å². The van der Waals surface area contributed by atoms with Crippen LogP contribution in [0.4, 0.5) is 9.18 Å². The second-order valence-corrected chi connectivity index (χ2v) is 5.57. The normalized spacial score (nSPS) is 10.5. The van der Waals surface area contributed by atoms with Crippen LogP contribution in [0, 0.1) is 24.6 Å². The second-order valence-electron chi connectivity index (χ2n) is 5.19. The average molecular weight is 298 g/mol. The molecule has 0 saturated carbocycles. The fourth-order valence-corrected chi connectivity index (χ4v) is 1.53. The van der Waals surface area contributed by atoms with Crippen molar-refractivity contribution in [2.75, 3.05) is 6.54 Å². The largest absolute Gasteiger partial charge is 0.444 e. The fraction of sp³-hybridized carbons (Fsp3) is 0.400. The molecule has 1 N–H and O–H groups in total. The molecule has 0 spiro atoms. The molecule has 0 heterocycles. The van der Waals surface area contributed by atoms with Gasteiger partial charge in [-0.05, 0) is 39.8 Å². The van der Waals surface area contributed by atoms with Gasteiger partial charge >= 0.3 is 6.09 Å². The van der Waals surface area contributed by atoms with Crippen LogP contribution in [0.25, 0.3) is 0 Å². The molecule has 0 aliphatic heterocycles. The minimum atomic E-state index is -0.547. The smallest absolute Gasteiger partial charge is 0.408 e. The summed E-state index contributed by atoms with van der Waals surface area (Å²) >= 11 is 5.97. The number of amides is 1. The van der Waals surface area contributed by atoms with Crippen LogP contribution < -0.4 is 5.32 Å². The molecule has 0 aliphatic rings. The van der Waals surface area contributed by atoms with E-state index in [4.69, 9.17) is 16.3 Å². The summed E-state index contributed by atoms with van der Waals surface area (Å²) in [5.74, 6) is 5.15. The summed E-state index contributed by atoms with van der Waals surface area (Å²) in [6.45, 7) is 7.04. The lowest BCUT2D eigenvalue weighted by atomic mass is 10.1. The first-order chi connectivity index (χ1) is 9.20. The van der Waals surface area contributed by atoms with Crippen molar-refractivity contribution < 1.29 is 13.9 Å². The predicted molar refractivity (Wildman–Crippen MR) is 77.3 cm³/mol. The number of ether oxygens (including phenoxy) is 1. The van der Waals surface area contributed by atoms with Crippen molar-refractivity contribution in [1.29, 1.82) is 0 Å². The molecule has 20 heavy (non-hydrogen) atoms. The number of benzene rings is 1. The molecule has 1 rings (SSSR count). The van der Waals surface area contributed by atoms with Crippen LogP contribution in [0.2, 0.25) is 5.02 Å². The maximum Gasteiger partial charge on any atom is 0.408 e. The number of carbonyl (C=O) groups is 1. The quantitative estimate of drug-likeness (QED) is 0.803. The Morgan fingerprint density at radius 3 is 2.70 bits per heavy atom. The molecule has 1 amide bonds. The van der Waals surface area contributed by atoms with Gasteiger partial charge < -0.3 is 10.1 Å². The van der Waals surface area contributed by atoms with E-state index in [1.54, 1.807) is 27.7 Å². The maximum absolute atomic E-state index is 13.2. The molecular weight excluding hydrogens is 281 g/mol. The van der Waals surface area contributed by atoms with Crippen LogP contribution in [-0.2, 0) is 4.74 Å². The molecule has 3 nitrogen and oxygen atoms in total. The summed E-state index contributed by atoms with van der Waals surface area (Å²) in [4.78, 5) is 11.4. The van der Waals surface area contributed by atoms with Crippen molar-refractivity contribution in [2.45, 2.75) is 33.3 Å². The van der Waals surface area contributed by atoms with Crippen molar-refractivity contribution >= 4 is 17.7 Å². The Kier molecular flexibility index (Phi) is 5.41. The highest BCUT2D eigenvalue weighted by Gasteiger charge is 2.15. The zero-order valence-corrected chi connectivity index (χ0v) is 12.7. The molecule has 0 fully saturated rings. The van der Waals surface area contributed by atoms with Crippen LogP contribution in [0.5, 0.6) is 0 Å². The zero-order chi connectivity index (χ0) is 15.3. The molecule has 5 heteroatoms. The van der Waals surface area contributed by atoms with E-state index in [0.29, 0.717) is 11.1 Å². The molecule has 1 aromatic carbocycles. The lowest BCUT2D eigenvalue weighted by Gasteiger charge is -2.19. The number of hydrogen-bond donors (Lipinski definition) is 1. The van der Waals surface area contributed by atoms with Crippen molar-refractivity contribution in [1.82, 2.24) is 5.32 Å². The first-order valence-electron chi connectivity index (χ1n) is 6.11. The van der Waals surface area contributed by atoms with E-state index in [-0.39, 0.29) is 17.4 Å². The Morgan fingerprint density at radius 2 is 2.10 bits per heavy atom. The Bertz CT molecular complexity index is 568. The molecule has 0 aliphatic carbocycles. The molecule has 0 atom stereocenters. The number of halogens is 2. The average Bonchev–Trinajstić information content (AvgIpc) is 2.32. The molecule has 1 aromatic rings. The van der Waals surface area contributed by atoms with Gasteiger partial charge in [-0.2, -0.15) is 0 Å². The van der Waals surface area contributed by atoms with Gasteiger partial charge in [-0.25, -0.2) is 9.18 Å². The fourth-order valence-electron chi connectivity index (χ4n) is 1.33. The summed E-state index contributed by atoms with van der Waals surface area (Å²) in [5.41, 5.74) is 0.338. The lowest BCUT2D eigenvalue weighted by molar-refractivity contribution is 0.0535. The highest BCUT2D eigenvalue weighted by atomic mass is 35.5. The lowest BCUT2D eigenvalue weighted by Crippen LogP contribution is -2.32. The minimum Gasteiger partial charge on any atom is -0.444 e. The van der Waals surface area contributed by atoms with E-state index in [0.717, 1.165) is 0 Å². The third-order valence-corrected chi connectivity index (χ3v) is 2.75. The topological polar surface area (TPSA) is 38.3 Å². The maximum atomic E-state index is 13.2. The highest BCUT2D eigenvalue weighted by Crippen LogP contribution is 2.22. The zero-order valence-electron chi connectivity index (χ0n) is 11.9. The molecule has 0 unspecified atom stereocenters. The second kappa shape index (κ2) is 6.62. The molecule has 0 aromatic heterocycles. The van der Waals surface area contributed by atoms with Gasteiger partial charge in [-0.3, -0.25) is 0 Å². The van der Waals surface area contributed by atoms with Gasteiger partial charge in [-0.15, -0.1) is 0 Å². The number of alkyl carbamates (subject to hydrolysis) is 1. The Morgan fingerprint density at radius 1 is 1.45 bits per heavy atom. The summed E-state index contributed by atoms with van der Waals surface area (Å²) in [6, 6.07) is 2.82. The van der Waals surface area contributed by atoms with Gasteiger partial charge in [0.2, 0.25) is 0 Å². The SMILES string of the molecule is Cc1c(F)ccc(C#CCNC(=O)OC(C)(C)C)c1Cl. The van der Waals surface area contributed by atoms with Gasteiger partial charge in [-0.1, -0.05) is 23.4 Å². The third-order valence-electron chi connectivity index (χ3n) is 2.26. The van der Waals surface area contributed by atoms with Gasteiger partial charge in [0.1, 0.15) is 11.4 Å². The van der Waals surface area contributed by atoms with Crippen molar-refractivity contribution in [2.24, 2.45) is 0 Å². The van der Waals surface area contributed by atoms with Crippen molar-refractivity contribution in [3.63, 3.8) is 0 Å². The van der Waals surface area contributed by atoms with E-state index >= 15 is 0 Å². The van der Waals surface area contributed by atoms with Crippen LogP contribution >= 0.6 is 11.6 Å². The van der Waals surface area contributed by atoms with E-state index in [1.807, 2.05) is 0 Å². The number of hydrogen-bond acceptors (Lipinski definition) is 2. The molecular formula is C15H17ClFNO2. The molecule has 0 radical (unpaired) electrons. The van der Waals surface area contributed by atoms with Crippen LogP contribution in [0.3, 0.4) is 0 Å². The first-order valence-corrected chi connectivity index (χ1v) is 6.49. The van der Waals surface area contributed by atoms with Gasteiger partial charge in [0.15, 0.2) is 0 Å². The summed E-state index contributed by atoms with van der Waals surface area (Å²) < 4.78 is 18.3. The monoisotopic (exact) mass is 297 g/mol. The summed E-state index contributed by atoms with van der Waals surface area (Å²) in [7, 11) is 0. The highest BCUT2D eigenvalue weighted by molar-refractivity contribution is 6.32. The number of rotatable bonds is 1. The number of carbonyl (C=O) groups excluding carboxylic acids is 1. The summed E-state index contributed by atoms with van der Waals surface area (Å²) in [5, 5.41) is 2.79. The first kappa shape index (κ1) is 16.3. The Labute approximate surface area is 123 Å².